The summed E-state index contributed by atoms with van der Waals surface area (Å²) in [5, 5.41) is 21.3. The molecule has 9 atom stereocenters. The smallest absolute Gasteiger partial charge is 0.310 e. The number of carbonyl (C=O) groups is 2. The molecule has 0 aromatic heterocycles. The summed E-state index contributed by atoms with van der Waals surface area (Å²) in [6.45, 7) is 14.0. The van der Waals surface area contributed by atoms with Crippen LogP contribution in [0.15, 0.2) is 11.6 Å². The number of fused-ring (bicyclic) bond motifs is 7. The Balaban J connectivity index is 1.60. The van der Waals surface area contributed by atoms with Gasteiger partial charge < -0.3 is 15.0 Å². The molecule has 0 radical (unpaired) electrons. The summed E-state index contributed by atoms with van der Waals surface area (Å²) in [4.78, 5) is 25.1. The fourth-order valence-corrected chi connectivity index (χ4v) is 10.5. The highest BCUT2D eigenvalue weighted by Crippen LogP contribution is 2.75. The fraction of sp³-hybridized carbons (Fsp3) is 0.867. The Morgan fingerprint density at radius 2 is 1.62 bits per heavy atom. The number of hydrogen-bond donors (Lipinski definition) is 2. The molecule has 0 spiro atoms. The lowest BCUT2D eigenvalue weighted by atomic mass is 9.33. The van der Waals surface area contributed by atoms with Crippen molar-refractivity contribution < 1.29 is 19.8 Å². The lowest BCUT2D eigenvalue weighted by molar-refractivity contribution is -0.204. The van der Waals surface area contributed by atoms with Crippen LogP contribution in [0.3, 0.4) is 0 Å². The molecule has 190 valence electrons. The van der Waals surface area contributed by atoms with E-state index >= 15 is 0 Å². The zero-order chi connectivity index (χ0) is 24.9. The minimum atomic E-state index is -0.669. The van der Waals surface area contributed by atoms with Gasteiger partial charge in [0.2, 0.25) is 0 Å². The maximum absolute atomic E-state index is 12.8. The Kier molecular flexibility index (Phi) is 5.20. The second-order valence-corrected chi connectivity index (χ2v) is 14.7. The lowest BCUT2D eigenvalue weighted by Gasteiger charge is -2.70. The molecule has 0 aliphatic heterocycles. The van der Waals surface area contributed by atoms with Crippen molar-refractivity contribution >= 4 is 12.3 Å². The minimum Gasteiger partial charge on any atom is -0.481 e. The van der Waals surface area contributed by atoms with Gasteiger partial charge in [-0.05, 0) is 104 Å². The van der Waals surface area contributed by atoms with Crippen LogP contribution < -0.4 is 0 Å². The van der Waals surface area contributed by atoms with Crippen molar-refractivity contribution in [3.05, 3.63) is 11.6 Å². The minimum absolute atomic E-state index is 0.00538. The first-order valence-corrected chi connectivity index (χ1v) is 13.8. The first-order chi connectivity index (χ1) is 15.7. The number of carboxylic acid groups (broad SMARTS) is 1. The molecule has 0 saturated heterocycles. The largest absolute Gasteiger partial charge is 0.481 e. The van der Waals surface area contributed by atoms with Crippen LogP contribution in [0.2, 0.25) is 0 Å². The van der Waals surface area contributed by atoms with Gasteiger partial charge in [-0.1, -0.05) is 53.2 Å². The molecular formula is C30H46O4. The average Bonchev–Trinajstić information content (AvgIpc) is 2.76. The molecule has 5 aliphatic rings. The SMILES string of the molecule is CC1(C)CC[C@]2(C(=O)O)CC[C@]3(C)C(=CC[C@@H]4[C@@]5(C)CC[C@H](O)[C@](C)(C=O)[C@H]5CC[C@]43C)[C@H]2C1. The highest BCUT2D eigenvalue weighted by molar-refractivity contribution is 5.76. The number of aliphatic carboxylic acids is 1. The third kappa shape index (κ3) is 2.81. The van der Waals surface area contributed by atoms with Crippen LogP contribution in [0.1, 0.15) is 106 Å². The van der Waals surface area contributed by atoms with Crippen molar-refractivity contribution in [1.29, 1.82) is 0 Å². The first-order valence-electron chi connectivity index (χ1n) is 13.8. The van der Waals surface area contributed by atoms with Crippen molar-refractivity contribution in [3.63, 3.8) is 0 Å². The van der Waals surface area contributed by atoms with E-state index in [1.165, 1.54) is 5.57 Å². The summed E-state index contributed by atoms with van der Waals surface area (Å²) in [5.41, 5.74) is 0.446. The van der Waals surface area contributed by atoms with Crippen molar-refractivity contribution in [3.8, 4) is 0 Å². The zero-order valence-electron chi connectivity index (χ0n) is 22.2. The van der Waals surface area contributed by atoms with Crippen LogP contribution in [0.5, 0.6) is 0 Å². The summed E-state index contributed by atoms with van der Waals surface area (Å²) in [5.74, 6) is 0.201. The number of aliphatic hydroxyl groups excluding tert-OH is 1. The topological polar surface area (TPSA) is 74.6 Å². The van der Waals surface area contributed by atoms with Crippen LogP contribution in [0, 0.1) is 50.2 Å². The van der Waals surface area contributed by atoms with E-state index in [-0.39, 0.29) is 33.5 Å². The highest BCUT2D eigenvalue weighted by Gasteiger charge is 2.69. The van der Waals surface area contributed by atoms with Crippen LogP contribution in [-0.2, 0) is 9.59 Å². The van der Waals surface area contributed by atoms with E-state index in [1.807, 2.05) is 6.92 Å². The van der Waals surface area contributed by atoms with Gasteiger partial charge in [0.25, 0.3) is 0 Å². The number of allylic oxidation sites excluding steroid dienone is 2. The van der Waals surface area contributed by atoms with Gasteiger partial charge >= 0.3 is 5.97 Å². The van der Waals surface area contributed by atoms with Crippen LogP contribution >= 0.6 is 0 Å². The molecule has 0 aromatic carbocycles. The number of aliphatic hydroxyl groups is 1. The molecule has 0 bridgehead atoms. The maximum atomic E-state index is 12.8. The van der Waals surface area contributed by atoms with Gasteiger partial charge in [-0.3, -0.25) is 4.79 Å². The predicted octanol–water partition coefficient (Wildman–Crippen LogP) is 6.41. The second-order valence-electron chi connectivity index (χ2n) is 14.7. The van der Waals surface area contributed by atoms with E-state index in [1.54, 1.807) is 0 Å². The second kappa shape index (κ2) is 7.20. The van der Waals surface area contributed by atoms with Gasteiger partial charge in [-0.15, -0.1) is 0 Å². The molecule has 4 nitrogen and oxygen atoms in total. The van der Waals surface area contributed by atoms with E-state index in [2.05, 4.69) is 40.7 Å². The standard InChI is InChI=1S/C30H46O4/c1-25(2)13-15-30(24(33)34)16-14-28(5)19(20(30)17-25)7-8-22-26(3)11-10-23(32)27(4,18-31)21(26)9-12-29(22,28)6/h7,18,20-23,32H,8-17H2,1-6H3,(H,33,34)/t20-,21+,22-,23+,26+,27-,28-,29-,30+/m1/s1. The number of carbonyl (C=O) groups excluding carboxylic acids is 1. The summed E-state index contributed by atoms with van der Waals surface area (Å²) in [6, 6.07) is 0. The third-order valence-corrected chi connectivity index (χ3v) is 13.0. The Labute approximate surface area is 206 Å². The Bertz CT molecular complexity index is 936. The van der Waals surface area contributed by atoms with Crippen LogP contribution in [0.25, 0.3) is 0 Å². The number of aldehydes is 1. The fourth-order valence-electron chi connectivity index (χ4n) is 10.5. The molecule has 34 heavy (non-hydrogen) atoms. The molecular weight excluding hydrogens is 424 g/mol. The molecule has 4 fully saturated rings. The first kappa shape index (κ1) is 24.5. The van der Waals surface area contributed by atoms with Crippen molar-refractivity contribution in [1.82, 2.24) is 0 Å². The Morgan fingerprint density at radius 3 is 2.26 bits per heavy atom. The zero-order valence-corrected chi connectivity index (χ0v) is 22.2. The van der Waals surface area contributed by atoms with E-state index in [0.29, 0.717) is 12.3 Å². The summed E-state index contributed by atoms with van der Waals surface area (Å²) < 4.78 is 0. The van der Waals surface area contributed by atoms with Gasteiger partial charge in [0, 0.05) is 0 Å². The quantitative estimate of drug-likeness (QED) is 0.361. The van der Waals surface area contributed by atoms with Gasteiger partial charge in [-0.25, -0.2) is 0 Å². The summed E-state index contributed by atoms with van der Waals surface area (Å²) in [7, 11) is 0. The molecule has 2 N–H and O–H groups in total. The number of hydrogen-bond acceptors (Lipinski definition) is 3. The molecule has 5 aliphatic carbocycles. The molecule has 0 heterocycles. The van der Waals surface area contributed by atoms with E-state index < -0.39 is 22.9 Å². The number of rotatable bonds is 2. The Morgan fingerprint density at radius 1 is 0.941 bits per heavy atom. The monoisotopic (exact) mass is 470 g/mol. The van der Waals surface area contributed by atoms with Gasteiger partial charge in [0.05, 0.1) is 16.9 Å². The lowest BCUT2D eigenvalue weighted by Crippen LogP contribution is -2.65. The van der Waals surface area contributed by atoms with Crippen LogP contribution in [-0.4, -0.2) is 28.6 Å². The molecule has 4 saturated carbocycles. The van der Waals surface area contributed by atoms with Crippen LogP contribution in [0.4, 0.5) is 0 Å². The van der Waals surface area contributed by atoms with Crippen molar-refractivity contribution in [2.45, 2.75) is 112 Å². The predicted molar refractivity (Wildman–Crippen MR) is 133 cm³/mol. The van der Waals surface area contributed by atoms with Crippen molar-refractivity contribution in [2.24, 2.45) is 50.2 Å². The molecule has 5 rings (SSSR count). The highest BCUT2D eigenvalue weighted by atomic mass is 16.4. The van der Waals surface area contributed by atoms with Gasteiger partial charge in [0.15, 0.2) is 0 Å². The maximum Gasteiger partial charge on any atom is 0.310 e. The Hall–Kier alpha value is -1.16. The van der Waals surface area contributed by atoms with Gasteiger partial charge in [-0.2, -0.15) is 0 Å². The molecule has 4 heteroatoms. The molecule has 0 aromatic rings. The number of carboxylic acids is 1. The van der Waals surface area contributed by atoms with E-state index in [0.717, 1.165) is 64.1 Å². The summed E-state index contributed by atoms with van der Waals surface area (Å²) in [6.07, 6.45) is 12.1. The van der Waals surface area contributed by atoms with E-state index in [4.69, 9.17) is 0 Å². The van der Waals surface area contributed by atoms with E-state index in [9.17, 15) is 19.8 Å². The molecule has 0 unspecified atom stereocenters. The summed E-state index contributed by atoms with van der Waals surface area (Å²) >= 11 is 0. The van der Waals surface area contributed by atoms with Gasteiger partial charge in [0.1, 0.15) is 6.29 Å². The average molecular weight is 471 g/mol. The van der Waals surface area contributed by atoms with Crippen molar-refractivity contribution in [2.75, 3.05) is 0 Å². The normalized spacial score (nSPS) is 53.9. The molecule has 0 amide bonds. The third-order valence-electron chi connectivity index (χ3n) is 13.0.